The first-order valence-corrected chi connectivity index (χ1v) is 9.38. The molecule has 1 aromatic carbocycles. The quantitative estimate of drug-likeness (QED) is 0.643. The Morgan fingerprint density at radius 3 is 2.18 bits per heavy atom. The Kier molecular flexibility index (Phi) is 5.27. The fourth-order valence-corrected chi connectivity index (χ4v) is 4.85. The summed E-state index contributed by atoms with van der Waals surface area (Å²) in [6.45, 7) is 3.69. The molecule has 0 aromatic heterocycles. The zero-order valence-corrected chi connectivity index (χ0v) is 15.2. The second-order valence-electron chi connectivity index (χ2n) is 4.06. The number of hydrogen-bond acceptors (Lipinski definition) is 2. The van der Waals surface area contributed by atoms with E-state index in [1.807, 2.05) is 19.1 Å². The number of hydrogen-bond donors (Lipinski definition) is 0. The summed E-state index contributed by atoms with van der Waals surface area (Å²) < 4.78 is 25.0. The molecular weight excluding hydrogens is 436 g/mol. The molecular formula is C11H13Br3O2S. The summed E-state index contributed by atoms with van der Waals surface area (Å²) in [5, 5.41) is -0.478. The smallest absolute Gasteiger partial charge is 0.151 e. The van der Waals surface area contributed by atoms with Crippen LogP contribution < -0.4 is 0 Å². The van der Waals surface area contributed by atoms with E-state index in [0.717, 1.165) is 20.1 Å². The Labute approximate surface area is 127 Å². The van der Waals surface area contributed by atoms with Crippen LogP contribution in [-0.2, 0) is 9.84 Å². The Balaban J connectivity index is 3.22. The van der Waals surface area contributed by atoms with Gasteiger partial charge in [0.15, 0.2) is 9.84 Å². The van der Waals surface area contributed by atoms with Crippen LogP contribution in [0.2, 0.25) is 0 Å². The third kappa shape index (κ3) is 3.78. The maximum atomic E-state index is 11.6. The zero-order chi connectivity index (χ0) is 13.4. The van der Waals surface area contributed by atoms with Crippen LogP contribution in [0.3, 0.4) is 0 Å². The zero-order valence-electron chi connectivity index (χ0n) is 9.67. The third-order valence-corrected chi connectivity index (χ3v) is 7.46. The number of alkyl halides is 1. The van der Waals surface area contributed by atoms with Gasteiger partial charge in [-0.2, -0.15) is 0 Å². The molecule has 0 saturated heterocycles. The second kappa shape index (κ2) is 5.72. The molecule has 0 saturated carbocycles. The number of rotatable bonds is 3. The molecule has 0 aliphatic heterocycles. The molecule has 0 amide bonds. The van der Waals surface area contributed by atoms with Gasteiger partial charge in [0, 0.05) is 15.2 Å². The molecule has 17 heavy (non-hydrogen) atoms. The van der Waals surface area contributed by atoms with Crippen molar-refractivity contribution in [3.05, 3.63) is 32.2 Å². The van der Waals surface area contributed by atoms with Crippen molar-refractivity contribution in [2.45, 2.75) is 23.9 Å². The average molecular weight is 449 g/mol. The fraction of sp³-hybridized carbons (Fsp3) is 0.455. The standard InChI is InChI=1S/C11H13Br3O2S/c1-6-4-10(13)8(5-9(6)12)11(14)7(2)17(3,15)16/h4-5,7,11H,1-3H3. The van der Waals surface area contributed by atoms with E-state index in [1.54, 1.807) is 6.92 Å². The predicted octanol–water partition coefficient (Wildman–Crippen LogP) is 4.39. The average Bonchev–Trinajstić information content (AvgIpc) is 2.20. The van der Waals surface area contributed by atoms with Gasteiger partial charge in [0.2, 0.25) is 0 Å². The highest BCUT2D eigenvalue weighted by molar-refractivity contribution is 9.11. The molecule has 2 nitrogen and oxygen atoms in total. The van der Waals surface area contributed by atoms with Gasteiger partial charge >= 0.3 is 0 Å². The van der Waals surface area contributed by atoms with Gasteiger partial charge in [-0.3, -0.25) is 0 Å². The van der Waals surface area contributed by atoms with Crippen LogP contribution in [0.15, 0.2) is 21.1 Å². The van der Waals surface area contributed by atoms with Crippen molar-refractivity contribution >= 4 is 57.6 Å². The number of halogens is 3. The van der Waals surface area contributed by atoms with Crippen LogP contribution in [0, 0.1) is 6.92 Å². The summed E-state index contributed by atoms with van der Waals surface area (Å²) in [5.74, 6) is 0. The molecule has 0 radical (unpaired) electrons. The van der Waals surface area contributed by atoms with Gasteiger partial charge in [0.1, 0.15) is 0 Å². The van der Waals surface area contributed by atoms with E-state index in [2.05, 4.69) is 47.8 Å². The van der Waals surface area contributed by atoms with Crippen LogP contribution in [0.1, 0.15) is 22.9 Å². The summed E-state index contributed by atoms with van der Waals surface area (Å²) in [6, 6.07) is 3.92. The van der Waals surface area contributed by atoms with Gasteiger partial charge < -0.3 is 0 Å². The highest BCUT2D eigenvalue weighted by Crippen LogP contribution is 2.37. The third-order valence-electron chi connectivity index (χ3n) is 2.66. The minimum Gasteiger partial charge on any atom is -0.229 e. The highest BCUT2D eigenvalue weighted by Gasteiger charge is 2.26. The van der Waals surface area contributed by atoms with E-state index in [4.69, 9.17) is 0 Å². The first-order valence-electron chi connectivity index (χ1n) is 4.93. The number of sulfone groups is 1. The predicted molar refractivity (Wildman–Crippen MR) is 82.6 cm³/mol. The maximum Gasteiger partial charge on any atom is 0.151 e. The summed E-state index contributed by atoms with van der Waals surface area (Å²) in [7, 11) is -3.07. The van der Waals surface area contributed by atoms with Crippen molar-refractivity contribution in [2.24, 2.45) is 0 Å². The molecule has 0 aliphatic rings. The lowest BCUT2D eigenvalue weighted by Crippen LogP contribution is -2.21. The molecule has 1 rings (SSSR count). The van der Waals surface area contributed by atoms with E-state index in [9.17, 15) is 8.42 Å². The van der Waals surface area contributed by atoms with Crippen LogP contribution in [-0.4, -0.2) is 19.9 Å². The van der Waals surface area contributed by atoms with Gasteiger partial charge in [-0.1, -0.05) is 47.8 Å². The van der Waals surface area contributed by atoms with Gasteiger partial charge in [0.05, 0.1) is 10.1 Å². The van der Waals surface area contributed by atoms with Crippen molar-refractivity contribution in [3.63, 3.8) is 0 Å². The number of benzene rings is 1. The SMILES string of the molecule is Cc1cc(Br)c(C(Br)C(C)S(C)(=O)=O)cc1Br. The molecule has 2 unspecified atom stereocenters. The Morgan fingerprint density at radius 2 is 1.71 bits per heavy atom. The molecule has 1 aromatic rings. The van der Waals surface area contributed by atoms with E-state index < -0.39 is 15.1 Å². The largest absolute Gasteiger partial charge is 0.229 e. The van der Waals surface area contributed by atoms with Crippen LogP contribution in [0.5, 0.6) is 0 Å². The van der Waals surface area contributed by atoms with Gasteiger partial charge in [-0.05, 0) is 37.1 Å². The van der Waals surface area contributed by atoms with Crippen molar-refractivity contribution < 1.29 is 8.42 Å². The van der Waals surface area contributed by atoms with Crippen LogP contribution >= 0.6 is 47.8 Å². The molecule has 0 fully saturated rings. The summed E-state index contributed by atoms with van der Waals surface area (Å²) >= 11 is 10.4. The van der Waals surface area contributed by atoms with Crippen molar-refractivity contribution in [3.8, 4) is 0 Å². The van der Waals surface area contributed by atoms with Gasteiger partial charge in [0.25, 0.3) is 0 Å². The number of aryl methyl sites for hydroxylation is 1. The molecule has 0 heterocycles. The highest BCUT2D eigenvalue weighted by atomic mass is 79.9. The van der Waals surface area contributed by atoms with E-state index >= 15 is 0 Å². The van der Waals surface area contributed by atoms with Crippen molar-refractivity contribution in [1.82, 2.24) is 0 Å². The molecule has 0 N–H and O–H groups in total. The van der Waals surface area contributed by atoms with E-state index in [-0.39, 0.29) is 4.83 Å². The minimum absolute atomic E-state index is 0.233. The lowest BCUT2D eigenvalue weighted by molar-refractivity contribution is 0.588. The summed E-state index contributed by atoms with van der Waals surface area (Å²) in [4.78, 5) is -0.233. The van der Waals surface area contributed by atoms with E-state index in [1.165, 1.54) is 6.26 Å². The van der Waals surface area contributed by atoms with Gasteiger partial charge in [-0.15, -0.1) is 0 Å². The monoisotopic (exact) mass is 446 g/mol. The lowest BCUT2D eigenvalue weighted by atomic mass is 10.1. The summed E-state index contributed by atoms with van der Waals surface area (Å²) in [6.07, 6.45) is 1.25. The Morgan fingerprint density at radius 1 is 1.18 bits per heavy atom. The summed E-state index contributed by atoms with van der Waals surface area (Å²) in [5.41, 5.74) is 2.03. The maximum absolute atomic E-state index is 11.6. The first kappa shape index (κ1) is 15.7. The fourth-order valence-electron chi connectivity index (χ4n) is 1.34. The van der Waals surface area contributed by atoms with Crippen molar-refractivity contribution in [2.75, 3.05) is 6.26 Å². The van der Waals surface area contributed by atoms with Crippen LogP contribution in [0.4, 0.5) is 0 Å². The molecule has 0 bridgehead atoms. The second-order valence-corrected chi connectivity index (χ2v) is 9.16. The Bertz CT molecular complexity index is 526. The molecule has 96 valence electrons. The lowest BCUT2D eigenvalue weighted by Gasteiger charge is -2.19. The minimum atomic E-state index is -3.07. The molecule has 2 atom stereocenters. The molecule has 0 aliphatic carbocycles. The van der Waals surface area contributed by atoms with Gasteiger partial charge in [-0.25, -0.2) is 8.42 Å². The normalized spacial score (nSPS) is 15.6. The first-order chi connectivity index (χ1) is 7.64. The van der Waals surface area contributed by atoms with E-state index in [0.29, 0.717) is 0 Å². The van der Waals surface area contributed by atoms with Crippen LogP contribution in [0.25, 0.3) is 0 Å². The topological polar surface area (TPSA) is 34.1 Å². The van der Waals surface area contributed by atoms with Crippen molar-refractivity contribution in [1.29, 1.82) is 0 Å². The Hall–Kier alpha value is 0.610. The molecule has 0 spiro atoms. The molecule has 6 heteroatoms.